The van der Waals surface area contributed by atoms with Gasteiger partial charge in [0.2, 0.25) is 5.88 Å². The molecule has 0 spiro atoms. The molecule has 1 amide bonds. The lowest BCUT2D eigenvalue weighted by atomic mass is 10.2. The average Bonchev–Trinajstić information content (AvgIpc) is 3.17. The molecule has 0 unspecified atom stereocenters. The quantitative estimate of drug-likeness (QED) is 0.325. The van der Waals surface area contributed by atoms with Gasteiger partial charge in [-0.15, -0.1) is 5.10 Å². The highest BCUT2D eigenvalue weighted by Gasteiger charge is 2.19. The van der Waals surface area contributed by atoms with Gasteiger partial charge >= 0.3 is 0 Å². The van der Waals surface area contributed by atoms with Crippen molar-refractivity contribution in [3.8, 4) is 5.88 Å². The van der Waals surface area contributed by atoms with E-state index in [0.29, 0.717) is 16.8 Å². The molecule has 5 nitrogen and oxygen atoms in total. The number of hydrogen-bond donors (Lipinski definition) is 1. The predicted molar refractivity (Wildman–Crippen MR) is 125 cm³/mol. The molecule has 0 fully saturated rings. The van der Waals surface area contributed by atoms with Gasteiger partial charge in [-0.1, -0.05) is 40.2 Å². The minimum atomic E-state index is -0.403. The van der Waals surface area contributed by atoms with E-state index in [1.807, 2.05) is 19.1 Å². The van der Waals surface area contributed by atoms with Crippen LogP contribution in [0, 0.1) is 18.6 Å². The minimum absolute atomic E-state index is 0.0341. The first-order valence-electron chi connectivity index (χ1n) is 10.1. The molecule has 0 aliphatic carbocycles. The number of amides is 1. The third kappa shape index (κ3) is 5.84. The van der Waals surface area contributed by atoms with Crippen molar-refractivity contribution in [2.75, 3.05) is 5.32 Å². The molecule has 0 aliphatic rings. The smallest absolute Gasteiger partial charge is 0.262 e. The Bertz CT molecular complexity index is 1310. The number of nitrogens with zero attached hydrogens (tertiary/aromatic N) is 2. The molecule has 8 heteroatoms. The van der Waals surface area contributed by atoms with Crippen LogP contribution in [0.1, 0.15) is 27.0 Å². The van der Waals surface area contributed by atoms with E-state index in [1.165, 1.54) is 28.9 Å². The number of carbonyl (C=O) groups excluding carboxylic acids is 1. The maximum Gasteiger partial charge on any atom is 0.262 e. The van der Waals surface area contributed by atoms with Crippen molar-refractivity contribution in [3.05, 3.63) is 111 Å². The van der Waals surface area contributed by atoms with Gasteiger partial charge in [0.05, 0.1) is 6.54 Å². The molecule has 0 atom stereocenters. The number of rotatable bonds is 7. The third-order valence-electron chi connectivity index (χ3n) is 4.91. The molecule has 0 bridgehead atoms. The highest BCUT2D eigenvalue weighted by atomic mass is 79.9. The topological polar surface area (TPSA) is 56.2 Å². The van der Waals surface area contributed by atoms with E-state index >= 15 is 0 Å². The largest absolute Gasteiger partial charge is 0.471 e. The van der Waals surface area contributed by atoms with Gasteiger partial charge in [0.15, 0.2) is 0 Å². The van der Waals surface area contributed by atoms with Gasteiger partial charge in [0.1, 0.15) is 23.8 Å². The Balaban J connectivity index is 1.60. The lowest BCUT2D eigenvalue weighted by Crippen LogP contribution is -2.13. The maximum atomic E-state index is 13.6. The van der Waals surface area contributed by atoms with Crippen molar-refractivity contribution in [2.24, 2.45) is 0 Å². The fraction of sp³-hybridized carbons (Fsp3) is 0.120. The lowest BCUT2D eigenvalue weighted by Gasteiger charge is -2.09. The first-order chi connectivity index (χ1) is 15.9. The Kier molecular flexibility index (Phi) is 6.84. The van der Waals surface area contributed by atoms with Crippen LogP contribution >= 0.6 is 15.9 Å². The first-order valence-corrected chi connectivity index (χ1v) is 10.9. The van der Waals surface area contributed by atoms with Gasteiger partial charge < -0.3 is 10.1 Å². The van der Waals surface area contributed by atoms with Crippen LogP contribution in [0.4, 0.5) is 14.5 Å². The van der Waals surface area contributed by atoms with E-state index in [1.54, 1.807) is 36.5 Å². The number of ether oxygens (including phenoxy) is 1. The summed E-state index contributed by atoms with van der Waals surface area (Å²) in [5.74, 6) is -1.04. The highest BCUT2D eigenvalue weighted by Crippen LogP contribution is 2.24. The molecule has 1 heterocycles. The van der Waals surface area contributed by atoms with E-state index in [9.17, 15) is 13.6 Å². The Morgan fingerprint density at radius 3 is 2.42 bits per heavy atom. The second-order valence-corrected chi connectivity index (χ2v) is 8.42. The Morgan fingerprint density at radius 1 is 1.03 bits per heavy atom. The van der Waals surface area contributed by atoms with Crippen molar-refractivity contribution >= 4 is 27.5 Å². The normalized spacial score (nSPS) is 10.8. The van der Waals surface area contributed by atoms with Crippen LogP contribution in [0.15, 0.2) is 77.4 Å². The van der Waals surface area contributed by atoms with Crippen molar-refractivity contribution in [1.29, 1.82) is 0 Å². The average molecular weight is 512 g/mol. The molecule has 0 saturated heterocycles. The number of aryl methyl sites for hydroxylation is 1. The van der Waals surface area contributed by atoms with Gasteiger partial charge in [-0.25, -0.2) is 8.78 Å². The van der Waals surface area contributed by atoms with E-state index in [2.05, 4.69) is 26.3 Å². The number of aromatic nitrogens is 2. The summed E-state index contributed by atoms with van der Waals surface area (Å²) in [4.78, 5) is 13.1. The van der Waals surface area contributed by atoms with Gasteiger partial charge in [-0.05, 0) is 66.1 Å². The van der Waals surface area contributed by atoms with Crippen LogP contribution in [0.2, 0.25) is 0 Å². The van der Waals surface area contributed by atoms with Crippen molar-refractivity contribution in [2.45, 2.75) is 20.1 Å². The molecule has 1 N–H and O–H groups in total. The lowest BCUT2D eigenvalue weighted by molar-refractivity contribution is 0.102. The van der Waals surface area contributed by atoms with Gasteiger partial charge in [-0.3, -0.25) is 9.48 Å². The molecule has 4 rings (SSSR count). The minimum Gasteiger partial charge on any atom is -0.471 e. The summed E-state index contributed by atoms with van der Waals surface area (Å²) in [6.45, 7) is 2.17. The number of halogens is 3. The van der Waals surface area contributed by atoms with Gasteiger partial charge in [0, 0.05) is 16.4 Å². The number of anilines is 1. The second-order valence-electron chi connectivity index (χ2n) is 7.51. The number of nitrogens with one attached hydrogen (secondary N) is 1. The zero-order valence-electron chi connectivity index (χ0n) is 17.7. The van der Waals surface area contributed by atoms with E-state index in [-0.39, 0.29) is 36.2 Å². The molecule has 33 heavy (non-hydrogen) atoms. The maximum absolute atomic E-state index is 13.6. The molecule has 0 aliphatic heterocycles. The Labute approximate surface area is 198 Å². The summed E-state index contributed by atoms with van der Waals surface area (Å²) in [5.41, 5.74) is 3.03. The number of benzene rings is 3. The summed E-state index contributed by atoms with van der Waals surface area (Å²) < 4.78 is 35.3. The molecule has 1 aromatic heterocycles. The van der Waals surface area contributed by atoms with Crippen LogP contribution in [-0.2, 0) is 13.2 Å². The number of hydrogen-bond acceptors (Lipinski definition) is 3. The predicted octanol–water partition coefficient (Wildman–Crippen LogP) is 6.11. The Morgan fingerprint density at radius 2 is 1.73 bits per heavy atom. The molecule has 0 saturated carbocycles. The number of carbonyl (C=O) groups is 1. The molecule has 0 radical (unpaired) electrons. The zero-order chi connectivity index (χ0) is 23.4. The molecule has 168 valence electrons. The SMILES string of the molecule is Cc1cc(Br)ccc1NC(=O)c1cn(Cc2cccc(F)c2)nc1OCc1cccc(F)c1. The molecular weight excluding hydrogens is 492 g/mol. The standard InChI is InChI=1S/C25H20BrF2N3O2/c1-16-10-19(26)8-9-23(16)29-24(32)22-14-31(13-17-4-2-6-20(27)11-17)30-25(22)33-15-18-5-3-7-21(28)12-18/h2-12,14H,13,15H2,1H3,(H,29,32). The van der Waals surface area contributed by atoms with E-state index in [0.717, 1.165) is 10.0 Å². The van der Waals surface area contributed by atoms with Crippen LogP contribution in [0.3, 0.4) is 0 Å². The van der Waals surface area contributed by atoms with Crippen LogP contribution in [0.25, 0.3) is 0 Å². The third-order valence-corrected chi connectivity index (χ3v) is 5.40. The van der Waals surface area contributed by atoms with E-state index in [4.69, 9.17) is 4.74 Å². The summed E-state index contributed by atoms with van der Waals surface area (Å²) in [5, 5.41) is 7.26. The zero-order valence-corrected chi connectivity index (χ0v) is 19.3. The van der Waals surface area contributed by atoms with Crippen molar-refractivity contribution in [1.82, 2.24) is 9.78 Å². The monoisotopic (exact) mass is 511 g/mol. The molecule has 4 aromatic rings. The fourth-order valence-electron chi connectivity index (χ4n) is 3.30. The summed E-state index contributed by atoms with van der Waals surface area (Å²) in [7, 11) is 0. The van der Waals surface area contributed by atoms with Gasteiger partial charge in [0.25, 0.3) is 5.91 Å². The van der Waals surface area contributed by atoms with Crippen molar-refractivity contribution < 1.29 is 18.3 Å². The van der Waals surface area contributed by atoms with Crippen LogP contribution < -0.4 is 10.1 Å². The van der Waals surface area contributed by atoms with Crippen molar-refractivity contribution in [3.63, 3.8) is 0 Å². The summed E-state index contributed by atoms with van der Waals surface area (Å²) in [6, 6.07) is 17.7. The fourth-order valence-corrected chi connectivity index (χ4v) is 3.78. The summed E-state index contributed by atoms with van der Waals surface area (Å²) >= 11 is 3.41. The Hall–Kier alpha value is -3.52. The van der Waals surface area contributed by atoms with E-state index < -0.39 is 5.91 Å². The summed E-state index contributed by atoms with van der Waals surface area (Å²) in [6.07, 6.45) is 1.55. The highest BCUT2D eigenvalue weighted by molar-refractivity contribution is 9.10. The first kappa shape index (κ1) is 22.7. The molecule has 3 aromatic carbocycles. The second kappa shape index (κ2) is 9.95. The van der Waals surface area contributed by atoms with Crippen LogP contribution in [-0.4, -0.2) is 15.7 Å². The molecular formula is C25H20BrF2N3O2. The van der Waals surface area contributed by atoms with Crippen LogP contribution in [0.5, 0.6) is 5.88 Å². The van der Waals surface area contributed by atoms with Gasteiger partial charge in [-0.2, -0.15) is 0 Å².